The fourth-order valence-electron chi connectivity index (χ4n) is 2.84. The minimum absolute atomic E-state index is 0.0270. The molecule has 2 unspecified atom stereocenters. The molecule has 1 aromatic carbocycles. The number of carbonyl (C=O) groups excluding carboxylic acids is 1. The maximum atomic E-state index is 11.9. The molecule has 0 aliphatic heterocycles. The van der Waals surface area contributed by atoms with Crippen LogP contribution in [0.3, 0.4) is 0 Å². The Labute approximate surface area is 143 Å². The van der Waals surface area contributed by atoms with Gasteiger partial charge in [-0.3, -0.25) is 4.79 Å². The van der Waals surface area contributed by atoms with Crippen molar-refractivity contribution < 1.29 is 9.53 Å². The molecule has 1 aliphatic carbocycles. The Hall–Kier alpha value is -0.550. The van der Waals surface area contributed by atoms with E-state index in [-0.39, 0.29) is 11.9 Å². The molecule has 1 saturated carbocycles. The number of ether oxygens (including phenoxy) is 1. The summed E-state index contributed by atoms with van der Waals surface area (Å²) >= 11 is 7.22. The molecule has 1 fully saturated rings. The van der Waals surface area contributed by atoms with E-state index < -0.39 is 0 Å². The smallest absolute Gasteiger partial charge is 0.308 e. The van der Waals surface area contributed by atoms with Gasteiger partial charge in [-0.2, -0.15) is 0 Å². The quantitative estimate of drug-likeness (QED) is 0.695. The maximum absolute atomic E-state index is 11.9. The summed E-state index contributed by atoms with van der Waals surface area (Å²) in [6, 6.07) is 4.50. The van der Waals surface area contributed by atoms with Crippen LogP contribution in [0.2, 0.25) is 0 Å². The first-order valence-corrected chi connectivity index (χ1v) is 8.98. The maximum Gasteiger partial charge on any atom is 0.308 e. The molecular formula is C16H21Br2NO2. The van der Waals surface area contributed by atoms with Gasteiger partial charge in [-0.25, -0.2) is 0 Å². The number of halogens is 2. The first-order valence-electron chi connectivity index (χ1n) is 7.40. The molecule has 3 nitrogen and oxygen atoms in total. The van der Waals surface area contributed by atoms with E-state index in [1.165, 1.54) is 5.56 Å². The Kier molecular flexibility index (Phi) is 6.11. The van der Waals surface area contributed by atoms with Crippen molar-refractivity contribution in [2.75, 3.05) is 11.9 Å². The van der Waals surface area contributed by atoms with Crippen molar-refractivity contribution in [3.8, 4) is 0 Å². The van der Waals surface area contributed by atoms with Gasteiger partial charge in [0.05, 0.1) is 18.2 Å². The number of hydrogen-bond donors (Lipinski definition) is 1. The number of benzene rings is 1. The van der Waals surface area contributed by atoms with Gasteiger partial charge < -0.3 is 10.1 Å². The molecule has 1 aliphatic rings. The van der Waals surface area contributed by atoms with E-state index >= 15 is 0 Å². The summed E-state index contributed by atoms with van der Waals surface area (Å²) in [6.07, 6.45) is 3.92. The third-order valence-corrected chi connectivity index (χ3v) is 5.08. The van der Waals surface area contributed by atoms with Crippen LogP contribution in [0.1, 0.15) is 38.2 Å². The molecule has 2 rings (SSSR count). The Balaban J connectivity index is 2.04. The normalized spacial score (nSPS) is 21.9. The summed E-state index contributed by atoms with van der Waals surface area (Å²) in [5, 5.41) is 3.57. The van der Waals surface area contributed by atoms with Crippen molar-refractivity contribution in [2.24, 2.45) is 5.92 Å². The number of aryl methyl sites for hydroxylation is 1. The average Bonchev–Trinajstić information content (AvgIpc) is 2.43. The van der Waals surface area contributed by atoms with Gasteiger partial charge in [0.15, 0.2) is 0 Å². The van der Waals surface area contributed by atoms with Gasteiger partial charge in [0.25, 0.3) is 0 Å². The first-order chi connectivity index (χ1) is 10.0. The van der Waals surface area contributed by atoms with Gasteiger partial charge in [0.1, 0.15) is 0 Å². The highest BCUT2D eigenvalue weighted by atomic mass is 79.9. The van der Waals surface area contributed by atoms with Gasteiger partial charge >= 0.3 is 5.97 Å². The largest absolute Gasteiger partial charge is 0.466 e. The van der Waals surface area contributed by atoms with E-state index in [0.29, 0.717) is 12.6 Å². The molecule has 0 spiro atoms. The third-order valence-electron chi connectivity index (χ3n) is 3.83. The molecule has 0 aromatic heterocycles. The molecule has 116 valence electrons. The van der Waals surface area contributed by atoms with Gasteiger partial charge in [0, 0.05) is 15.0 Å². The van der Waals surface area contributed by atoms with Gasteiger partial charge in [-0.05, 0) is 82.7 Å². The summed E-state index contributed by atoms with van der Waals surface area (Å²) in [7, 11) is 0. The Morgan fingerprint density at radius 2 is 2.00 bits per heavy atom. The third kappa shape index (κ3) is 4.46. The van der Waals surface area contributed by atoms with Crippen LogP contribution < -0.4 is 5.32 Å². The molecule has 0 bridgehead atoms. The van der Waals surface area contributed by atoms with E-state index in [1.54, 1.807) is 0 Å². The molecule has 0 saturated heterocycles. The van der Waals surface area contributed by atoms with E-state index in [0.717, 1.165) is 40.3 Å². The first kappa shape index (κ1) is 16.8. The fraction of sp³-hybridized carbons (Fsp3) is 0.562. The Morgan fingerprint density at radius 1 is 1.33 bits per heavy atom. The van der Waals surface area contributed by atoms with Crippen LogP contribution in [0.4, 0.5) is 5.69 Å². The van der Waals surface area contributed by atoms with Crippen molar-refractivity contribution in [3.05, 3.63) is 26.6 Å². The lowest BCUT2D eigenvalue weighted by atomic mass is 9.85. The SMILES string of the molecule is CCOC(=O)C1CCCC(Nc2c(Br)cc(C)cc2Br)C1. The molecule has 1 N–H and O–H groups in total. The van der Waals surface area contributed by atoms with Crippen LogP contribution in [-0.4, -0.2) is 18.6 Å². The van der Waals surface area contributed by atoms with Crippen LogP contribution in [0, 0.1) is 12.8 Å². The minimum Gasteiger partial charge on any atom is -0.466 e. The lowest BCUT2D eigenvalue weighted by Gasteiger charge is -2.30. The summed E-state index contributed by atoms with van der Waals surface area (Å²) in [4.78, 5) is 11.9. The standard InChI is InChI=1S/C16H21Br2NO2/c1-3-21-16(20)11-5-4-6-12(9-11)19-15-13(17)7-10(2)8-14(15)18/h7-8,11-12,19H,3-6,9H2,1-2H3. The predicted molar refractivity (Wildman–Crippen MR) is 92.6 cm³/mol. The van der Waals surface area contributed by atoms with E-state index in [4.69, 9.17) is 4.74 Å². The van der Waals surface area contributed by atoms with Crippen LogP contribution in [0.25, 0.3) is 0 Å². The second kappa shape index (κ2) is 7.63. The number of anilines is 1. The number of nitrogens with one attached hydrogen (secondary N) is 1. The van der Waals surface area contributed by atoms with E-state index in [9.17, 15) is 4.79 Å². The van der Waals surface area contributed by atoms with Crippen molar-refractivity contribution in [2.45, 2.75) is 45.6 Å². The van der Waals surface area contributed by atoms with Crippen molar-refractivity contribution in [1.82, 2.24) is 0 Å². The Bertz CT molecular complexity index is 496. The van der Waals surface area contributed by atoms with E-state index in [1.807, 2.05) is 6.92 Å². The number of rotatable bonds is 4. The summed E-state index contributed by atoms with van der Waals surface area (Å²) in [5.41, 5.74) is 2.27. The van der Waals surface area contributed by atoms with Gasteiger partial charge in [-0.15, -0.1) is 0 Å². The zero-order valence-electron chi connectivity index (χ0n) is 12.4. The highest BCUT2D eigenvalue weighted by Crippen LogP contribution is 2.35. The molecule has 0 heterocycles. The summed E-state index contributed by atoms with van der Waals surface area (Å²) in [5.74, 6) is -0.0229. The lowest BCUT2D eigenvalue weighted by molar-refractivity contribution is -0.149. The van der Waals surface area contributed by atoms with Gasteiger partial charge in [0.2, 0.25) is 0 Å². The highest BCUT2D eigenvalue weighted by Gasteiger charge is 2.28. The summed E-state index contributed by atoms with van der Waals surface area (Å²) < 4.78 is 7.26. The second-order valence-corrected chi connectivity index (χ2v) is 7.27. The predicted octanol–water partition coefficient (Wildman–Crippen LogP) is 5.05. The molecule has 21 heavy (non-hydrogen) atoms. The molecule has 0 radical (unpaired) electrons. The Morgan fingerprint density at radius 3 is 2.62 bits per heavy atom. The highest BCUT2D eigenvalue weighted by molar-refractivity contribution is 9.11. The molecule has 5 heteroatoms. The van der Waals surface area contributed by atoms with Crippen molar-refractivity contribution in [1.29, 1.82) is 0 Å². The van der Waals surface area contributed by atoms with Crippen LogP contribution in [0.5, 0.6) is 0 Å². The molecule has 2 atom stereocenters. The molecule has 1 aromatic rings. The second-order valence-electron chi connectivity index (χ2n) is 5.56. The van der Waals surface area contributed by atoms with Crippen LogP contribution in [-0.2, 0) is 9.53 Å². The molecule has 0 amide bonds. The van der Waals surface area contributed by atoms with Crippen molar-refractivity contribution >= 4 is 43.5 Å². The van der Waals surface area contributed by atoms with Crippen LogP contribution >= 0.6 is 31.9 Å². The number of esters is 1. The fourth-order valence-corrected chi connectivity index (χ4v) is 4.48. The number of hydrogen-bond acceptors (Lipinski definition) is 3. The average molecular weight is 419 g/mol. The van der Waals surface area contributed by atoms with Crippen LogP contribution in [0.15, 0.2) is 21.1 Å². The van der Waals surface area contributed by atoms with Gasteiger partial charge in [-0.1, -0.05) is 6.42 Å². The number of carbonyl (C=O) groups is 1. The monoisotopic (exact) mass is 417 g/mol. The molecular weight excluding hydrogens is 398 g/mol. The topological polar surface area (TPSA) is 38.3 Å². The summed E-state index contributed by atoms with van der Waals surface area (Å²) in [6.45, 7) is 4.39. The minimum atomic E-state index is -0.0500. The zero-order chi connectivity index (χ0) is 15.4. The zero-order valence-corrected chi connectivity index (χ0v) is 15.6. The van der Waals surface area contributed by atoms with Crippen molar-refractivity contribution in [3.63, 3.8) is 0 Å². The lowest BCUT2D eigenvalue weighted by Crippen LogP contribution is -2.32. The van der Waals surface area contributed by atoms with E-state index in [2.05, 4.69) is 56.2 Å².